The zero-order valence-corrected chi connectivity index (χ0v) is 18.5. The van der Waals surface area contributed by atoms with Gasteiger partial charge in [0.25, 0.3) is 5.91 Å². The molecule has 0 spiro atoms. The molecule has 0 radical (unpaired) electrons. The van der Waals surface area contributed by atoms with Crippen LogP contribution in [0.4, 0.5) is 4.39 Å². The molecule has 0 unspecified atom stereocenters. The summed E-state index contributed by atoms with van der Waals surface area (Å²) in [6, 6.07) is 11.1. The predicted molar refractivity (Wildman–Crippen MR) is 117 cm³/mol. The number of nitrogens with zero attached hydrogens (tertiary/aromatic N) is 2. The van der Waals surface area contributed by atoms with E-state index in [-0.39, 0.29) is 17.6 Å². The van der Waals surface area contributed by atoms with Gasteiger partial charge >= 0.3 is 0 Å². The maximum atomic E-state index is 13.9. The molecule has 4 rings (SSSR count). The first kappa shape index (κ1) is 22.1. The van der Waals surface area contributed by atoms with E-state index in [0.717, 1.165) is 0 Å². The Morgan fingerprint density at radius 3 is 2.13 bits per heavy atom. The third-order valence-electron chi connectivity index (χ3n) is 6.10. The molecule has 2 heterocycles. The van der Waals surface area contributed by atoms with E-state index >= 15 is 0 Å². The lowest BCUT2D eigenvalue weighted by atomic mass is 9.73. The van der Waals surface area contributed by atoms with Crippen LogP contribution in [-0.4, -0.2) is 61.0 Å². The molecule has 0 saturated carbocycles. The number of ether oxygens (including phenoxy) is 1. The van der Waals surface area contributed by atoms with Crippen LogP contribution in [0.5, 0.6) is 0 Å². The highest BCUT2D eigenvalue weighted by Gasteiger charge is 2.45. The molecule has 0 aromatic heterocycles. The van der Waals surface area contributed by atoms with Crippen molar-refractivity contribution in [1.82, 2.24) is 9.80 Å². The van der Waals surface area contributed by atoms with Crippen LogP contribution >= 0.6 is 23.2 Å². The van der Waals surface area contributed by atoms with Crippen LogP contribution in [0.1, 0.15) is 28.8 Å². The largest absolute Gasteiger partial charge is 0.381 e. The second-order valence-corrected chi connectivity index (χ2v) is 8.82. The Balaban J connectivity index is 1.49. The maximum absolute atomic E-state index is 13.9. The number of halogens is 3. The van der Waals surface area contributed by atoms with Crippen LogP contribution in [0, 0.1) is 5.82 Å². The van der Waals surface area contributed by atoms with Crippen molar-refractivity contribution >= 4 is 35.0 Å². The molecule has 8 heteroatoms. The van der Waals surface area contributed by atoms with E-state index in [0.29, 0.717) is 73.4 Å². The molecule has 5 nitrogen and oxygen atoms in total. The molecule has 0 bridgehead atoms. The van der Waals surface area contributed by atoms with Gasteiger partial charge in [0.05, 0.1) is 5.41 Å². The van der Waals surface area contributed by atoms with Crippen molar-refractivity contribution in [3.8, 4) is 0 Å². The van der Waals surface area contributed by atoms with Crippen LogP contribution in [0.2, 0.25) is 10.0 Å². The fraction of sp³-hybridized carbons (Fsp3) is 0.391. The number of carbonyl (C=O) groups is 2. The van der Waals surface area contributed by atoms with Gasteiger partial charge in [0.2, 0.25) is 5.91 Å². The minimum absolute atomic E-state index is 0.0284. The molecule has 0 atom stereocenters. The molecule has 2 aromatic carbocycles. The minimum Gasteiger partial charge on any atom is -0.381 e. The monoisotopic (exact) mass is 464 g/mol. The third kappa shape index (κ3) is 4.56. The normalized spacial score (nSPS) is 18.7. The van der Waals surface area contributed by atoms with Gasteiger partial charge in [-0.05, 0) is 48.7 Å². The molecule has 164 valence electrons. The minimum atomic E-state index is -0.799. The Morgan fingerprint density at radius 1 is 0.903 bits per heavy atom. The standard InChI is InChI=1S/C23H23Cl2FN2O3/c24-18-12-16(13-19(25)15-18)21(29)27-6-8-28(9-7-27)22(30)23(4-10-31-11-5-23)17-2-1-3-20(26)14-17/h1-3,12-15H,4-11H2. The quantitative estimate of drug-likeness (QED) is 0.684. The number of amides is 2. The van der Waals surface area contributed by atoms with Gasteiger partial charge in [-0.3, -0.25) is 9.59 Å². The van der Waals surface area contributed by atoms with E-state index in [2.05, 4.69) is 0 Å². The first-order valence-corrected chi connectivity index (χ1v) is 11.0. The van der Waals surface area contributed by atoms with Gasteiger partial charge in [-0.2, -0.15) is 0 Å². The summed E-state index contributed by atoms with van der Waals surface area (Å²) in [5.41, 5.74) is 0.318. The average molecular weight is 465 g/mol. The summed E-state index contributed by atoms with van der Waals surface area (Å²) in [6.07, 6.45) is 1.02. The van der Waals surface area contributed by atoms with Crippen molar-refractivity contribution in [1.29, 1.82) is 0 Å². The van der Waals surface area contributed by atoms with Crippen molar-refractivity contribution in [3.05, 3.63) is 69.5 Å². The van der Waals surface area contributed by atoms with E-state index in [1.807, 2.05) is 6.07 Å². The smallest absolute Gasteiger partial charge is 0.254 e. The first-order chi connectivity index (χ1) is 14.9. The summed E-state index contributed by atoms with van der Waals surface area (Å²) in [5.74, 6) is -0.548. The van der Waals surface area contributed by atoms with Crippen LogP contribution in [0.3, 0.4) is 0 Å². The first-order valence-electron chi connectivity index (χ1n) is 10.3. The molecule has 2 fully saturated rings. The number of piperazine rings is 1. The van der Waals surface area contributed by atoms with Gasteiger partial charge in [0.1, 0.15) is 5.82 Å². The summed E-state index contributed by atoms with van der Waals surface area (Å²) < 4.78 is 19.4. The van der Waals surface area contributed by atoms with Gasteiger partial charge in [0, 0.05) is 55.0 Å². The third-order valence-corrected chi connectivity index (χ3v) is 6.53. The second kappa shape index (κ2) is 9.15. The van der Waals surface area contributed by atoms with E-state index in [9.17, 15) is 14.0 Å². The van der Waals surface area contributed by atoms with Crippen molar-refractivity contribution < 1.29 is 18.7 Å². The molecule has 2 amide bonds. The molecule has 2 aliphatic heterocycles. The molecular weight excluding hydrogens is 442 g/mol. The number of benzene rings is 2. The molecule has 2 aliphatic rings. The highest BCUT2D eigenvalue weighted by atomic mass is 35.5. The number of carbonyl (C=O) groups excluding carboxylic acids is 2. The Morgan fingerprint density at radius 2 is 1.52 bits per heavy atom. The van der Waals surface area contributed by atoms with Crippen molar-refractivity contribution in [3.63, 3.8) is 0 Å². The summed E-state index contributed by atoms with van der Waals surface area (Å²) in [6.45, 7) is 2.55. The van der Waals surface area contributed by atoms with E-state index in [1.54, 1.807) is 34.1 Å². The summed E-state index contributed by atoms with van der Waals surface area (Å²) in [7, 11) is 0. The highest BCUT2D eigenvalue weighted by Crippen LogP contribution is 2.37. The molecule has 0 N–H and O–H groups in total. The fourth-order valence-electron chi connectivity index (χ4n) is 4.41. The maximum Gasteiger partial charge on any atom is 0.254 e. The van der Waals surface area contributed by atoms with Crippen LogP contribution in [-0.2, 0) is 14.9 Å². The Kier molecular flexibility index (Phi) is 6.51. The lowest BCUT2D eigenvalue weighted by Crippen LogP contribution is -2.56. The average Bonchev–Trinajstić information content (AvgIpc) is 2.78. The van der Waals surface area contributed by atoms with Gasteiger partial charge in [0.15, 0.2) is 0 Å². The highest BCUT2D eigenvalue weighted by molar-refractivity contribution is 6.35. The van der Waals surface area contributed by atoms with Crippen LogP contribution in [0.15, 0.2) is 42.5 Å². The summed E-state index contributed by atoms with van der Waals surface area (Å²) in [4.78, 5) is 30.0. The van der Waals surface area contributed by atoms with Gasteiger partial charge in [-0.25, -0.2) is 4.39 Å². The number of hydrogen-bond acceptors (Lipinski definition) is 3. The lowest BCUT2D eigenvalue weighted by molar-refractivity contribution is -0.142. The lowest BCUT2D eigenvalue weighted by Gasteiger charge is -2.43. The summed E-state index contributed by atoms with van der Waals surface area (Å²) >= 11 is 12.0. The van der Waals surface area contributed by atoms with Gasteiger partial charge in [-0.1, -0.05) is 35.3 Å². The van der Waals surface area contributed by atoms with Crippen LogP contribution < -0.4 is 0 Å². The van der Waals surface area contributed by atoms with Crippen molar-refractivity contribution in [2.75, 3.05) is 39.4 Å². The van der Waals surface area contributed by atoms with E-state index in [1.165, 1.54) is 12.1 Å². The predicted octanol–water partition coefficient (Wildman–Crippen LogP) is 4.17. The van der Waals surface area contributed by atoms with E-state index in [4.69, 9.17) is 27.9 Å². The second-order valence-electron chi connectivity index (χ2n) is 7.95. The Hall–Kier alpha value is -2.15. The summed E-state index contributed by atoms with van der Waals surface area (Å²) in [5, 5.41) is 0.808. The van der Waals surface area contributed by atoms with Gasteiger partial charge in [-0.15, -0.1) is 0 Å². The van der Waals surface area contributed by atoms with E-state index < -0.39 is 5.41 Å². The van der Waals surface area contributed by atoms with Gasteiger partial charge < -0.3 is 14.5 Å². The zero-order valence-electron chi connectivity index (χ0n) is 17.0. The SMILES string of the molecule is O=C(c1cc(Cl)cc(Cl)c1)N1CCN(C(=O)C2(c3cccc(F)c3)CCOCC2)CC1. The molecule has 2 saturated heterocycles. The Labute approximate surface area is 190 Å². The number of hydrogen-bond donors (Lipinski definition) is 0. The fourth-order valence-corrected chi connectivity index (χ4v) is 4.93. The Bertz CT molecular complexity index is 966. The molecule has 2 aromatic rings. The van der Waals surface area contributed by atoms with Crippen molar-refractivity contribution in [2.45, 2.75) is 18.3 Å². The molecule has 31 heavy (non-hydrogen) atoms. The molecular formula is C23H23Cl2FN2O3. The van der Waals surface area contributed by atoms with Crippen molar-refractivity contribution in [2.24, 2.45) is 0 Å². The zero-order chi connectivity index (χ0) is 22.0. The topological polar surface area (TPSA) is 49.9 Å². The number of rotatable bonds is 3. The molecule has 0 aliphatic carbocycles. The van der Waals surface area contributed by atoms with Crippen LogP contribution in [0.25, 0.3) is 0 Å².